The molecule has 0 saturated heterocycles. The molecular weight excluding hydrogens is 186 g/mol. The van der Waals surface area contributed by atoms with Crippen molar-refractivity contribution in [2.75, 3.05) is 17.6 Å². The summed E-state index contributed by atoms with van der Waals surface area (Å²) in [6, 6.07) is 5.99. The van der Waals surface area contributed by atoms with Crippen molar-refractivity contribution in [1.82, 2.24) is 4.98 Å². The number of nitrogens with two attached hydrogens (primary N) is 1. The van der Waals surface area contributed by atoms with Gasteiger partial charge in [-0.15, -0.1) is 0 Å². The summed E-state index contributed by atoms with van der Waals surface area (Å²) in [5, 5.41) is 5.48. The second kappa shape index (κ2) is 3.77. The Kier molecular flexibility index (Phi) is 2.46. The van der Waals surface area contributed by atoms with Gasteiger partial charge in [0.25, 0.3) is 0 Å². The number of fused-ring (bicyclic) bond motifs is 1. The monoisotopic (exact) mass is 201 g/mol. The minimum Gasteiger partial charge on any atom is -0.398 e. The zero-order chi connectivity index (χ0) is 10.8. The van der Waals surface area contributed by atoms with Crippen LogP contribution in [0.4, 0.5) is 11.4 Å². The number of nitrogens with one attached hydrogen (secondary N) is 1. The molecule has 78 valence electrons. The Morgan fingerprint density at radius 1 is 1.33 bits per heavy atom. The number of rotatable bonds is 2. The lowest BCUT2D eigenvalue weighted by Crippen LogP contribution is -1.99. The van der Waals surface area contributed by atoms with Crippen molar-refractivity contribution in [3.05, 3.63) is 30.1 Å². The third-order valence-electron chi connectivity index (χ3n) is 2.44. The number of nitrogens with zero attached hydrogens (tertiary/aromatic N) is 1. The molecule has 0 radical (unpaired) electrons. The van der Waals surface area contributed by atoms with Crippen LogP contribution in [-0.4, -0.2) is 11.5 Å². The molecule has 2 rings (SSSR count). The molecule has 0 aliphatic rings. The summed E-state index contributed by atoms with van der Waals surface area (Å²) in [5.41, 5.74) is 8.81. The maximum absolute atomic E-state index is 5.90. The summed E-state index contributed by atoms with van der Waals surface area (Å²) in [6.07, 6.45) is 1.83. The minimum atomic E-state index is 0.777. The highest BCUT2D eigenvalue weighted by molar-refractivity contribution is 6.00. The average molecular weight is 201 g/mol. The van der Waals surface area contributed by atoms with Crippen LogP contribution in [0, 0.1) is 6.92 Å². The first kappa shape index (κ1) is 9.77. The molecule has 3 nitrogen and oxygen atoms in total. The number of hydrogen-bond acceptors (Lipinski definition) is 3. The van der Waals surface area contributed by atoms with E-state index >= 15 is 0 Å². The van der Waals surface area contributed by atoms with Gasteiger partial charge in [-0.05, 0) is 32.0 Å². The van der Waals surface area contributed by atoms with Crippen LogP contribution < -0.4 is 11.1 Å². The summed E-state index contributed by atoms with van der Waals surface area (Å²) in [6.45, 7) is 4.97. The van der Waals surface area contributed by atoms with Gasteiger partial charge in [-0.1, -0.05) is 0 Å². The van der Waals surface area contributed by atoms with Gasteiger partial charge in [0, 0.05) is 40.6 Å². The third kappa shape index (κ3) is 1.73. The number of benzene rings is 1. The largest absolute Gasteiger partial charge is 0.398 e. The fourth-order valence-electron chi connectivity index (χ4n) is 1.71. The van der Waals surface area contributed by atoms with Gasteiger partial charge in [0.2, 0.25) is 0 Å². The van der Waals surface area contributed by atoms with Crippen LogP contribution in [0.3, 0.4) is 0 Å². The Balaban J connectivity index is 2.72. The zero-order valence-corrected chi connectivity index (χ0v) is 9.04. The van der Waals surface area contributed by atoms with Crippen molar-refractivity contribution < 1.29 is 0 Å². The van der Waals surface area contributed by atoms with Crippen LogP contribution in [0.5, 0.6) is 0 Å². The van der Waals surface area contributed by atoms with Crippen LogP contribution in [0.25, 0.3) is 10.8 Å². The first-order chi connectivity index (χ1) is 7.22. The normalized spacial score (nSPS) is 10.5. The third-order valence-corrected chi connectivity index (χ3v) is 2.44. The SMILES string of the molecule is CCNc1ccc(N)c2cnc(C)cc12. The van der Waals surface area contributed by atoms with Gasteiger partial charge in [0.05, 0.1) is 0 Å². The van der Waals surface area contributed by atoms with E-state index in [1.165, 1.54) is 0 Å². The van der Waals surface area contributed by atoms with Gasteiger partial charge in [-0.2, -0.15) is 0 Å². The molecule has 2 aromatic rings. The van der Waals surface area contributed by atoms with E-state index in [0.717, 1.165) is 34.4 Å². The summed E-state index contributed by atoms with van der Waals surface area (Å²) in [5.74, 6) is 0. The molecule has 15 heavy (non-hydrogen) atoms. The van der Waals surface area contributed by atoms with Crippen molar-refractivity contribution in [1.29, 1.82) is 0 Å². The van der Waals surface area contributed by atoms with E-state index in [9.17, 15) is 0 Å². The fraction of sp³-hybridized carbons (Fsp3) is 0.250. The molecular formula is C12H15N3. The van der Waals surface area contributed by atoms with Crippen LogP contribution >= 0.6 is 0 Å². The number of hydrogen-bond donors (Lipinski definition) is 2. The summed E-state index contributed by atoms with van der Waals surface area (Å²) < 4.78 is 0. The Hall–Kier alpha value is -1.77. The molecule has 0 atom stereocenters. The molecule has 0 spiro atoms. The van der Waals surface area contributed by atoms with Crippen molar-refractivity contribution in [3.8, 4) is 0 Å². The quantitative estimate of drug-likeness (QED) is 0.734. The molecule has 0 bridgehead atoms. The highest BCUT2D eigenvalue weighted by Crippen LogP contribution is 2.28. The molecule has 0 saturated carbocycles. The van der Waals surface area contributed by atoms with E-state index in [0.29, 0.717) is 0 Å². The van der Waals surface area contributed by atoms with E-state index < -0.39 is 0 Å². The number of aromatic nitrogens is 1. The van der Waals surface area contributed by atoms with Gasteiger partial charge in [0.15, 0.2) is 0 Å². The molecule has 0 unspecified atom stereocenters. The molecule has 0 amide bonds. The maximum Gasteiger partial charge on any atom is 0.0422 e. The Morgan fingerprint density at radius 2 is 2.13 bits per heavy atom. The van der Waals surface area contributed by atoms with Gasteiger partial charge in [-0.25, -0.2) is 0 Å². The second-order valence-corrected chi connectivity index (χ2v) is 3.60. The number of anilines is 2. The summed E-state index contributed by atoms with van der Waals surface area (Å²) >= 11 is 0. The Bertz CT molecular complexity index is 491. The van der Waals surface area contributed by atoms with E-state index in [2.05, 4.69) is 23.3 Å². The number of aryl methyl sites for hydroxylation is 1. The smallest absolute Gasteiger partial charge is 0.0422 e. The molecule has 1 aromatic carbocycles. The molecule has 3 N–H and O–H groups in total. The van der Waals surface area contributed by atoms with Crippen LogP contribution in [-0.2, 0) is 0 Å². The predicted molar refractivity (Wildman–Crippen MR) is 65.1 cm³/mol. The number of nitrogen functional groups attached to an aromatic ring is 1. The van der Waals surface area contributed by atoms with E-state index in [1.807, 2.05) is 25.3 Å². The summed E-state index contributed by atoms with van der Waals surface area (Å²) in [7, 11) is 0. The first-order valence-electron chi connectivity index (χ1n) is 5.11. The van der Waals surface area contributed by atoms with Crippen LogP contribution in [0.1, 0.15) is 12.6 Å². The van der Waals surface area contributed by atoms with Crippen molar-refractivity contribution >= 4 is 22.1 Å². The molecule has 1 heterocycles. The molecule has 3 heteroatoms. The lowest BCUT2D eigenvalue weighted by molar-refractivity contribution is 1.21. The van der Waals surface area contributed by atoms with E-state index in [1.54, 1.807) is 0 Å². The van der Waals surface area contributed by atoms with Crippen molar-refractivity contribution in [2.24, 2.45) is 0 Å². The van der Waals surface area contributed by atoms with Crippen LogP contribution in [0.15, 0.2) is 24.4 Å². The second-order valence-electron chi connectivity index (χ2n) is 3.60. The standard InChI is InChI=1S/C12H15N3/c1-3-14-12-5-4-11(13)10-7-15-8(2)6-9(10)12/h4-7,14H,3,13H2,1-2H3. The van der Waals surface area contributed by atoms with E-state index in [-0.39, 0.29) is 0 Å². The zero-order valence-electron chi connectivity index (χ0n) is 9.04. The minimum absolute atomic E-state index is 0.777. The van der Waals surface area contributed by atoms with Gasteiger partial charge >= 0.3 is 0 Å². The molecule has 0 fully saturated rings. The molecule has 0 aliphatic heterocycles. The Morgan fingerprint density at radius 3 is 2.87 bits per heavy atom. The predicted octanol–water partition coefficient (Wildman–Crippen LogP) is 2.56. The van der Waals surface area contributed by atoms with Gasteiger partial charge < -0.3 is 11.1 Å². The Labute approximate surface area is 89.3 Å². The topological polar surface area (TPSA) is 50.9 Å². The van der Waals surface area contributed by atoms with Crippen LogP contribution in [0.2, 0.25) is 0 Å². The maximum atomic E-state index is 5.90. The first-order valence-corrected chi connectivity index (χ1v) is 5.11. The summed E-state index contributed by atoms with van der Waals surface area (Å²) in [4.78, 5) is 4.26. The van der Waals surface area contributed by atoms with Crippen molar-refractivity contribution in [3.63, 3.8) is 0 Å². The average Bonchev–Trinajstić information content (AvgIpc) is 2.22. The number of pyridine rings is 1. The van der Waals surface area contributed by atoms with Gasteiger partial charge in [-0.3, -0.25) is 4.98 Å². The van der Waals surface area contributed by atoms with E-state index in [4.69, 9.17) is 5.73 Å². The lowest BCUT2D eigenvalue weighted by atomic mass is 10.1. The highest BCUT2D eigenvalue weighted by atomic mass is 14.9. The van der Waals surface area contributed by atoms with Gasteiger partial charge in [0.1, 0.15) is 0 Å². The fourth-order valence-corrected chi connectivity index (χ4v) is 1.71. The lowest BCUT2D eigenvalue weighted by Gasteiger charge is -2.10. The highest BCUT2D eigenvalue weighted by Gasteiger charge is 2.03. The van der Waals surface area contributed by atoms with Crippen molar-refractivity contribution in [2.45, 2.75) is 13.8 Å². The molecule has 0 aliphatic carbocycles. The molecule has 1 aromatic heterocycles.